The lowest BCUT2D eigenvalue weighted by atomic mass is 10.2. The van der Waals surface area contributed by atoms with Crippen LogP contribution in [-0.2, 0) is 14.8 Å². The highest BCUT2D eigenvalue weighted by molar-refractivity contribution is 7.92. The fourth-order valence-corrected chi connectivity index (χ4v) is 2.58. The van der Waals surface area contributed by atoms with Gasteiger partial charge in [-0.05, 0) is 25.1 Å². The smallest absolute Gasteiger partial charge is 0.235 e. The number of hydrogen-bond acceptors (Lipinski definition) is 4. The summed E-state index contributed by atoms with van der Waals surface area (Å²) in [4.78, 5) is 0. The van der Waals surface area contributed by atoms with Crippen molar-refractivity contribution in [3.8, 4) is 11.8 Å². The number of nitrogens with one attached hydrogen (secondary N) is 1. The number of halogens is 1. The zero-order valence-electron chi connectivity index (χ0n) is 11.7. The van der Waals surface area contributed by atoms with Crippen LogP contribution in [-0.4, -0.2) is 39.1 Å². The number of rotatable bonds is 7. The van der Waals surface area contributed by atoms with Gasteiger partial charge in [0.25, 0.3) is 0 Å². The zero-order chi connectivity index (χ0) is 15.7. The van der Waals surface area contributed by atoms with Gasteiger partial charge in [0.05, 0.1) is 30.2 Å². The minimum Gasteiger partial charge on any atom is -0.395 e. The van der Waals surface area contributed by atoms with Crippen LogP contribution in [0.5, 0.6) is 0 Å². The topological polar surface area (TPSA) is 75.6 Å². The largest absolute Gasteiger partial charge is 0.395 e. The van der Waals surface area contributed by atoms with Crippen LogP contribution in [0, 0.1) is 11.8 Å². The molecule has 0 saturated carbocycles. The zero-order valence-corrected chi connectivity index (χ0v) is 13.3. The van der Waals surface area contributed by atoms with Crippen molar-refractivity contribution in [3.05, 3.63) is 28.8 Å². The van der Waals surface area contributed by atoms with Gasteiger partial charge in [0.2, 0.25) is 10.0 Å². The van der Waals surface area contributed by atoms with Gasteiger partial charge in [-0.1, -0.05) is 23.4 Å². The molecule has 5 nitrogen and oxygen atoms in total. The Morgan fingerprint density at radius 2 is 2.19 bits per heavy atom. The Balaban J connectivity index is 2.90. The van der Waals surface area contributed by atoms with Gasteiger partial charge in [-0.2, -0.15) is 0 Å². The monoisotopic (exact) mass is 331 g/mol. The Bertz CT molecular complexity index is 620. The molecule has 0 spiro atoms. The van der Waals surface area contributed by atoms with E-state index in [9.17, 15) is 8.42 Å². The van der Waals surface area contributed by atoms with E-state index >= 15 is 0 Å². The van der Waals surface area contributed by atoms with Crippen LogP contribution >= 0.6 is 11.6 Å². The summed E-state index contributed by atoms with van der Waals surface area (Å²) in [5.41, 5.74) is 0.831. The predicted molar refractivity (Wildman–Crippen MR) is 83.9 cm³/mol. The minimum absolute atomic E-state index is 0.0526. The molecule has 0 heterocycles. The summed E-state index contributed by atoms with van der Waals surface area (Å²) in [5, 5.41) is 9.18. The molecular weight excluding hydrogens is 314 g/mol. The molecule has 0 unspecified atom stereocenters. The maximum Gasteiger partial charge on any atom is 0.235 e. The summed E-state index contributed by atoms with van der Waals surface area (Å²) < 4.78 is 31.4. The summed E-state index contributed by atoms with van der Waals surface area (Å²) in [6.07, 6.45) is 0.309. The summed E-state index contributed by atoms with van der Waals surface area (Å²) in [7, 11) is -3.51. The fourth-order valence-electron chi connectivity index (χ4n) is 1.45. The van der Waals surface area contributed by atoms with Crippen molar-refractivity contribution in [2.45, 2.75) is 13.3 Å². The van der Waals surface area contributed by atoms with Gasteiger partial charge < -0.3 is 9.84 Å². The quantitative estimate of drug-likeness (QED) is 0.590. The van der Waals surface area contributed by atoms with Crippen LogP contribution < -0.4 is 4.72 Å². The second-order valence-electron chi connectivity index (χ2n) is 4.08. The van der Waals surface area contributed by atoms with Gasteiger partial charge >= 0.3 is 0 Å². The second kappa shape index (κ2) is 8.90. The molecule has 1 aromatic carbocycles. The number of aliphatic hydroxyl groups is 1. The van der Waals surface area contributed by atoms with Crippen molar-refractivity contribution in [2.24, 2.45) is 0 Å². The summed E-state index contributed by atoms with van der Waals surface area (Å²) in [5.74, 6) is 5.40. The molecule has 116 valence electrons. The first kappa shape index (κ1) is 17.8. The number of benzene rings is 1. The Morgan fingerprint density at radius 3 is 2.86 bits per heavy atom. The van der Waals surface area contributed by atoms with E-state index in [0.717, 1.165) is 0 Å². The Labute approximate surface area is 130 Å². The van der Waals surface area contributed by atoms with Crippen LogP contribution in [0.15, 0.2) is 18.2 Å². The van der Waals surface area contributed by atoms with Crippen molar-refractivity contribution in [1.29, 1.82) is 0 Å². The lowest BCUT2D eigenvalue weighted by Gasteiger charge is -2.10. The molecule has 0 fully saturated rings. The molecule has 0 amide bonds. The molecular formula is C14H18ClNO4S. The third-order valence-corrected chi connectivity index (χ3v) is 3.88. The van der Waals surface area contributed by atoms with E-state index in [2.05, 4.69) is 16.6 Å². The summed E-state index contributed by atoms with van der Waals surface area (Å²) in [6, 6.07) is 4.72. The first-order valence-electron chi connectivity index (χ1n) is 6.46. The highest BCUT2D eigenvalue weighted by Gasteiger charge is 2.12. The Kier molecular flexibility index (Phi) is 7.54. The van der Waals surface area contributed by atoms with Gasteiger partial charge in [0.1, 0.15) is 0 Å². The van der Waals surface area contributed by atoms with E-state index in [4.69, 9.17) is 21.4 Å². The molecule has 0 atom stereocenters. The first-order chi connectivity index (χ1) is 9.98. The number of anilines is 1. The van der Waals surface area contributed by atoms with Crippen LogP contribution in [0.1, 0.15) is 18.9 Å². The average molecular weight is 332 g/mol. The van der Waals surface area contributed by atoms with E-state index in [1.165, 1.54) is 0 Å². The van der Waals surface area contributed by atoms with E-state index in [1.54, 1.807) is 25.1 Å². The first-order valence-corrected chi connectivity index (χ1v) is 8.49. The van der Waals surface area contributed by atoms with Crippen molar-refractivity contribution in [1.82, 2.24) is 0 Å². The molecule has 0 aliphatic heterocycles. The molecule has 0 bridgehead atoms. The predicted octanol–water partition coefficient (Wildman–Crippen LogP) is 1.85. The molecule has 1 aromatic rings. The molecule has 0 saturated heterocycles. The third kappa shape index (κ3) is 6.82. The molecule has 0 radical (unpaired) electrons. The standard InChI is InChI=1S/C14H18ClNO4S/c1-2-20-9-10-21(18,19)16-14-7-6-13(15)11-12(14)5-3-4-8-17/h6-7,11,16-17H,2,4,8-10H2,1H3. The minimum atomic E-state index is -3.51. The molecule has 7 heteroatoms. The number of sulfonamides is 1. The lowest BCUT2D eigenvalue weighted by molar-refractivity contribution is 0.163. The van der Waals surface area contributed by atoms with Crippen LogP contribution in [0.25, 0.3) is 0 Å². The molecule has 0 aliphatic carbocycles. The van der Waals surface area contributed by atoms with Crippen LogP contribution in [0.3, 0.4) is 0 Å². The number of hydrogen-bond donors (Lipinski definition) is 2. The van der Waals surface area contributed by atoms with Gasteiger partial charge in [0.15, 0.2) is 0 Å². The van der Waals surface area contributed by atoms with E-state index in [-0.39, 0.29) is 19.0 Å². The Morgan fingerprint density at radius 1 is 1.43 bits per heavy atom. The summed E-state index contributed by atoms with van der Waals surface area (Å²) >= 11 is 5.89. The van der Waals surface area contributed by atoms with E-state index < -0.39 is 10.0 Å². The number of aliphatic hydroxyl groups excluding tert-OH is 1. The highest BCUT2D eigenvalue weighted by Crippen LogP contribution is 2.21. The second-order valence-corrected chi connectivity index (χ2v) is 6.36. The van der Waals surface area contributed by atoms with E-state index in [1.807, 2.05) is 0 Å². The maximum absolute atomic E-state index is 11.9. The van der Waals surface area contributed by atoms with Gasteiger partial charge in [-0.3, -0.25) is 4.72 Å². The maximum atomic E-state index is 11.9. The van der Waals surface area contributed by atoms with E-state index in [0.29, 0.717) is 29.3 Å². The normalized spacial score (nSPS) is 10.8. The van der Waals surface area contributed by atoms with Crippen LogP contribution in [0.2, 0.25) is 5.02 Å². The van der Waals surface area contributed by atoms with Gasteiger partial charge in [-0.15, -0.1) is 0 Å². The van der Waals surface area contributed by atoms with Crippen molar-refractivity contribution >= 4 is 27.3 Å². The molecule has 0 aliphatic rings. The molecule has 21 heavy (non-hydrogen) atoms. The fraction of sp³-hybridized carbons (Fsp3) is 0.429. The highest BCUT2D eigenvalue weighted by atomic mass is 35.5. The SMILES string of the molecule is CCOCCS(=O)(=O)Nc1ccc(Cl)cc1C#CCCO. The molecule has 0 aromatic heterocycles. The Hall–Kier alpha value is -1.26. The lowest BCUT2D eigenvalue weighted by Crippen LogP contribution is -2.20. The van der Waals surface area contributed by atoms with Gasteiger partial charge in [-0.25, -0.2) is 8.42 Å². The van der Waals surface area contributed by atoms with Crippen molar-refractivity contribution in [2.75, 3.05) is 30.3 Å². The van der Waals surface area contributed by atoms with Crippen LogP contribution in [0.4, 0.5) is 5.69 Å². The molecule has 1 rings (SSSR count). The van der Waals surface area contributed by atoms with Crippen molar-refractivity contribution < 1.29 is 18.3 Å². The third-order valence-electron chi connectivity index (χ3n) is 2.41. The number of ether oxygens (including phenoxy) is 1. The molecule has 2 N–H and O–H groups in total. The average Bonchev–Trinajstić information content (AvgIpc) is 2.42. The van der Waals surface area contributed by atoms with Gasteiger partial charge in [0, 0.05) is 18.1 Å². The summed E-state index contributed by atoms with van der Waals surface area (Å²) in [6.45, 7) is 2.34. The van der Waals surface area contributed by atoms with Crippen molar-refractivity contribution in [3.63, 3.8) is 0 Å².